The Labute approximate surface area is 157 Å². The quantitative estimate of drug-likeness (QED) is 0.644. The molecule has 5 saturated heterocycles. The van der Waals surface area contributed by atoms with Crippen LogP contribution in [0.1, 0.15) is 38.5 Å². The number of ether oxygens (including phenoxy) is 2. The Hall–Kier alpha value is -1.51. The molecule has 7 fully saturated rings. The van der Waals surface area contributed by atoms with Crippen molar-refractivity contribution in [1.82, 2.24) is 10.2 Å². The molecule has 27 heavy (non-hydrogen) atoms. The molecule has 3 N–H and O–H groups in total. The lowest BCUT2D eigenvalue weighted by molar-refractivity contribution is -0.233. The third-order valence-corrected chi connectivity index (χ3v) is 7.66. The molecule has 0 radical (unpaired) electrons. The lowest BCUT2D eigenvalue weighted by Crippen LogP contribution is -2.64. The van der Waals surface area contributed by atoms with Gasteiger partial charge in [0.1, 0.15) is 12.3 Å². The second kappa shape index (κ2) is 5.30. The number of likely N-dealkylation sites (tertiary alicyclic amines) is 1. The van der Waals surface area contributed by atoms with Crippen molar-refractivity contribution in [3.05, 3.63) is 0 Å². The fourth-order valence-electron chi connectivity index (χ4n) is 6.94. The maximum Gasteiger partial charge on any atom is 0.242 e. The number of hydrogen-bond donors (Lipinski definition) is 2. The van der Waals surface area contributed by atoms with Gasteiger partial charge in [-0.25, -0.2) is 0 Å². The number of nitrogens with two attached hydrogens (primary N) is 1. The number of rotatable bonds is 3. The van der Waals surface area contributed by atoms with Gasteiger partial charge in [-0.15, -0.1) is 0 Å². The van der Waals surface area contributed by atoms with E-state index < -0.39 is 23.7 Å². The van der Waals surface area contributed by atoms with E-state index >= 15 is 0 Å². The molecule has 146 valence electrons. The average Bonchev–Trinajstić information content (AvgIpc) is 3.20. The average molecular weight is 375 g/mol. The van der Waals surface area contributed by atoms with Crippen molar-refractivity contribution in [2.45, 2.75) is 68.6 Å². The minimum Gasteiger partial charge on any atom is -0.372 e. The summed E-state index contributed by atoms with van der Waals surface area (Å²) in [4.78, 5) is 39.4. The zero-order valence-electron chi connectivity index (χ0n) is 15.1. The highest BCUT2D eigenvalue weighted by molar-refractivity contribution is 6.08. The van der Waals surface area contributed by atoms with Gasteiger partial charge in [0, 0.05) is 6.04 Å². The van der Waals surface area contributed by atoms with Gasteiger partial charge in [0.2, 0.25) is 17.7 Å². The standard InChI is InChI=1S/C19H25N3O5/c20-11-4-12-14-15(16(11)26-12)18(25)22(17(14)24)7-13(23)21-19-5-8-1-9(6-19)3-10(2-8)27-19/h8-12,14-16H,1-7,20H2,(H,21,23)/t8-,9+,10+,11?,12?,14?,15?,16?,19+. The van der Waals surface area contributed by atoms with Crippen LogP contribution in [-0.2, 0) is 23.9 Å². The van der Waals surface area contributed by atoms with Crippen LogP contribution in [-0.4, -0.2) is 59.2 Å². The first-order valence-corrected chi connectivity index (χ1v) is 10.2. The molecule has 5 unspecified atom stereocenters. The number of carbonyl (C=O) groups excluding carboxylic acids is 3. The van der Waals surface area contributed by atoms with Crippen molar-refractivity contribution in [3.63, 3.8) is 0 Å². The summed E-state index contributed by atoms with van der Waals surface area (Å²) in [7, 11) is 0. The number of imide groups is 1. The first-order valence-electron chi connectivity index (χ1n) is 10.2. The van der Waals surface area contributed by atoms with Gasteiger partial charge in [0.05, 0.1) is 30.1 Å². The molecule has 5 aliphatic heterocycles. The fraction of sp³-hybridized carbons (Fsp3) is 0.842. The summed E-state index contributed by atoms with van der Waals surface area (Å²) >= 11 is 0. The van der Waals surface area contributed by atoms with Crippen LogP contribution in [0, 0.1) is 23.7 Å². The van der Waals surface area contributed by atoms with Gasteiger partial charge < -0.3 is 20.5 Å². The van der Waals surface area contributed by atoms with Gasteiger partial charge in [-0.05, 0) is 50.4 Å². The number of nitrogens with zero attached hydrogens (tertiary/aromatic N) is 1. The second-order valence-corrected chi connectivity index (χ2v) is 9.48. The molecule has 9 atom stereocenters. The first-order chi connectivity index (χ1) is 12.9. The minimum absolute atomic E-state index is 0.206. The molecule has 6 bridgehead atoms. The summed E-state index contributed by atoms with van der Waals surface area (Å²) in [6, 6.07) is -0.206. The topological polar surface area (TPSA) is 111 Å². The lowest BCUT2D eigenvalue weighted by Gasteiger charge is -2.56. The van der Waals surface area contributed by atoms with Crippen molar-refractivity contribution in [3.8, 4) is 0 Å². The van der Waals surface area contributed by atoms with E-state index in [1.165, 1.54) is 6.42 Å². The molecule has 2 saturated carbocycles. The van der Waals surface area contributed by atoms with E-state index in [-0.39, 0.29) is 42.5 Å². The van der Waals surface area contributed by atoms with Crippen LogP contribution in [0.4, 0.5) is 0 Å². The molecule has 7 aliphatic rings. The van der Waals surface area contributed by atoms with E-state index in [0.717, 1.165) is 30.6 Å². The van der Waals surface area contributed by atoms with E-state index in [0.29, 0.717) is 18.3 Å². The maximum absolute atomic E-state index is 12.8. The van der Waals surface area contributed by atoms with Gasteiger partial charge in [-0.1, -0.05) is 0 Å². The van der Waals surface area contributed by atoms with E-state index in [1.54, 1.807) is 0 Å². The van der Waals surface area contributed by atoms with Crippen LogP contribution < -0.4 is 11.1 Å². The number of fused-ring (bicyclic) bond motifs is 5. The summed E-state index contributed by atoms with van der Waals surface area (Å²) in [6.07, 6.45) is 5.24. The third kappa shape index (κ3) is 2.23. The Balaban J connectivity index is 1.16. The Morgan fingerprint density at radius 1 is 1.11 bits per heavy atom. The van der Waals surface area contributed by atoms with Crippen LogP contribution in [0.15, 0.2) is 0 Å². The van der Waals surface area contributed by atoms with Crippen molar-refractivity contribution in [1.29, 1.82) is 0 Å². The number of amides is 3. The highest BCUT2D eigenvalue weighted by Crippen LogP contribution is 2.52. The van der Waals surface area contributed by atoms with Crippen molar-refractivity contribution >= 4 is 17.7 Å². The van der Waals surface area contributed by atoms with Gasteiger partial charge in [0.15, 0.2) is 0 Å². The molecule has 3 amide bonds. The van der Waals surface area contributed by atoms with E-state index in [9.17, 15) is 14.4 Å². The van der Waals surface area contributed by atoms with Crippen LogP contribution in [0.5, 0.6) is 0 Å². The zero-order chi connectivity index (χ0) is 18.5. The summed E-state index contributed by atoms with van der Waals surface area (Å²) in [5.74, 6) is -0.669. The molecular formula is C19H25N3O5. The highest BCUT2D eigenvalue weighted by atomic mass is 16.5. The highest BCUT2D eigenvalue weighted by Gasteiger charge is 2.65. The Kier molecular flexibility index (Phi) is 3.23. The summed E-state index contributed by atoms with van der Waals surface area (Å²) in [6.45, 7) is -0.232. The van der Waals surface area contributed by atoms with E-state index in [1.807, 2.05) is 0 Å². The zero-order valence-corrected chi connectivity index (χ0v) is 15.1. The monoisotopic (exact) mass is 375 g/mol. The van der Waals surface area contributed by atoms with Crippen molar-refractivity contribution < 1.29 is 23.9 Å². The molecule has 7 rings (SSSR count). The molecule has 2 aliphatic carbocycles. The van der Waals surface area contributed by atoms with Gasteiger partial charge in [-0.3, -0.25) is 19.3 Å². The van der Waals surface area contributed by atoms with Crippen LogP contribution in [0.3, 0.4) is 0 Å². The van der Waals surface area contributed by atoms with Crippen molar-refractivity contribution in [2.24, 2.45) is 29.4 Å². The van der Waals surface area contributed by atoms with Gasteiger partial charge in [0.25, 0.3) is 0 Å². The SMILES string of the molecule is NC1CC2OC1C1C(=O)N(CC(=O)N[C@@]34C[C@@H]5C[C@@H](C[C@H](C5)O3)C4)C(=O)C21. The van der Waals surface area contributed by atoms with E-state index in [4.69, 9.17) is 15.2 Å². The lowest BCUT2D eigenvalue weighted by atomic mass is 9.65. The Morgan fingerprint density at radius 2 is 1.81 bits per heavy atom. The van der Waals surface area contributed by atoms with Crippen LogP contribution in [0.25, 0.3) is 0 Å². The molecule has 5 heterocycles. The molecular weight excluding hydrogens is 350 g/mol. The molecule has 0 aromatic rings. The number of nitrogens with one attached hydrogen (secondary N) is 1. The largest absolute Gasteiger partial charge is 0.372 e. The van der Waals surface area contributed by atoms with Crippen LogP contribution in [0.2, 0.25) is 0 Å². The fourth-order valence-corrected chi connectivity index (χ4v) is 6.94. The van der Waals surface area contributed by atoms with Gasteiger partial charge in [-0.2, -0.15) is 0 Å². The summed E-state index contributed by atoms with van der Waals surface area (Å²) in [5.41, 5.74) is 5.42. The Bertz CT molecular complexity index is 704. The molecule has 8 heteroatoms. The van der Waals surface area contributed by atoms with Crippen molar-refractivity contribution in [2.75, 3.05) is 6.54 Å². The predicted molar refractivity (Wildman–Crippen MR) is 90.8 cm³/mol. The van der Waals surface area contributed by atoms with Crippen LogP contribution >= 0.6 is 0 Å². The third-order valence-electron chi connectivity index (χ3n) is 7.66. The minimum atomic E-state index is -0.599. The predicted octanol–water partition coefficient (Wildman–Crippen LogP) is -0.493. The normalized spacial score (nSPS) is 52.0. The first kappa shape index (κ1) is 16.4. The molecule has 0 aromatic carbocycles. The summed E-state index contributed by atoms with van der Waals surface area (Å²) in [5, 5.41) is 3.04. The molecule has 0 aromatic heterocycles. The summed E-state index contributed by atoms with van der Waals surface area (Å²) < 4.78 is 11.9. The maximum atomic E-state index is 12.8. The second-order valence-electron chi connectivity index (χ2n) is 9.48. The molecule has 0 spiro atoms. The van der Waals surface area contributed by atoms with Gasteiger partial charge >= 0.3 is 0 Å². The molecule has 8 nitrogen and oxygen atoms in total. The smallest absolute Gasteiger partial charge is 0.242 e. The van der Waals surface area contributed by atoms with E-state index in [2.05, 4.69) is 5.32 Å². The number of carbonyl (C=O) groups is 3. The number of hydrogen-bond acceptors (Lipinski definition) is 6. The Morgan fingerprint density at radius 3 is 2.52 bits per heavy atom.